The Hall–Kier alpha value is -4.35. The minimum Gasteiger partial charge on any atom is -0.507 e. The summed E-state index contributed by atoms with van der Waals surface area (Å²) in [7, 11) is -0.462. The van der Waals surface area contributed by atoms with Crippen LogP contribution in [0.15, 0.2) is 72.7 Å². The Morgan fingerprint density at radius 3 is 1.51 bits per heavy atom. The highest BCUT2D eigenvalue weighted by Gasteiger charge is 2.25. The molecule has 0 fully saturated rings. The molecular formula is C30H38N6O8S3. The van der Waals surface area contributed by atoms with Crippen molar-refractivity contribution < 1.29 is 35.5 Å². The van der Waals surface area contributed by atoms with Gasteiger partial charge in [-0.25, -0.2) is 25.3 Å². The lowest BCUT2D eigenvalue weighted by Crippen LogP contribution is -2.10. The predicted molar refractivity (Wildman–Crippen MR) is 186 cm³/mol. The Labute approximate surface area is 274 Å². The van der Waals surface area contributed by atoms with Gasteiger partial charge in [-0.2, -0.15) is 20.5 Å². The average Bonchev–Trinajstić information content (AvgIpc) is 2.93. The molecule has 2 N–H and O–H groups in total. The third-order valence-corrected chi connectivity index (χ3v) is 10.0. The molecule has 0 unspecified atom stereocenters. The summed E-state index contributed by atoms with van der Waals surface area (Å²) in [5, 5.41) is 38.3. The number of fused-ring (bicyclic) bond motifs is 2. The summed E-state index contributed by atoms with van der Waals surface area (Å²) in [5.41, 5.74) is 2.25. The number of anilines is 2. The maximum absolute atomic E-state index is 12.3. The van der Waals surface area contributed by atoms with Gasteiger partial charge in [0.2, 0.25) is 0 Å². The van der Waals surface area contributed by atoms with Gasteiger partial charge in [0.05, 0.1) is 26.9 Å². The lowest BCUT2D eigenvalue weighted by atomic mass is 10.0. The summed E-state index contributed by atoms with van der Waals surface area (Å²) in [6.07, 6.45) is 3.05. The van der Waals surface area contributed by atoms with Gasteiger partial charge >= 0.3 is 0 Å². The van der Waals surface area contributed by atoms with E-state index in [2.05, 4.69) is 20.5 Å². The maximum atomic E-state index is 12.3. The van der Waals surface area contributed by atoms with Crippen molar-refractivity contribution in [3.8, 4) is 11.5 Å². The third kappa shape index (κ3) is 8.33. The van der Waals surface area contributed by atoms with Gasteiger partial charge in [-0.15, -0.1) is 0 Å². The zero-order valence-corrected chi connectivity index (χ0v) is 29.9. The van der Waals surface area contributed by atoms with E-state index in [4.69, 9.17) is 0 Å². The number of benzene rings is 4. The standard InChI is InChI=1S/C16H21N3O5S2.C14H17N3O3S/c1-17-18-15-11-8-14(26(5,23)24)12(9-25(4,21)22)16(20)10(11)6-7-13(15)19(2)3;1-15-16-14-11-7-9(21(4,19)20)8-13(18)10(11)5-6-12(14)17(2)3/h6-8,20H,9H2,1-5H3;5-8,18H,1-4H3. The van der Waals surface area contributed by atoms with Crippen LogP contribution >= 0.6 is 0 Å². The van der Waals surface area contributed by atoms with Crippen LogP contribution in [0.3, 0.4) is 0 Å². The van der Waals surface area contributed by atoms with Gasteiger partial charge in [0.25, 0.3) is 0 Å². The molecule has 0 bridgehead atoms. The highest BCUT2D eigenvalue weighted by Crippen LogP contribution is 2.44. The molecule has 0 aromatic heterocycles. The lowest BCUT2D eigenvalue weighted by molar-refractivity contribution is 0.473. The molecule has 254 valence electrons. The second kappa shape index (κ2) is 13.8. The van der Waals surface area contributed by atoms with Crippen LogP contribution in [0.2, 0.25) is 0 Å². The van der Waals surface area contributed by atoms with Crippen LogP contribution in [0, 0.1) is 0 Å². The summed E-state index contributed by atoms with van der Waals surface area (Å²) < 4.78 is 71.5. The van der Waals surface area contributed by atoms with Gasteiger partial charge in [-0.05, 0) is 42.5 Å². The van der Waals surface area contributed by atoms with Crippen LogP contribution in [0.25, 0.3) is 21.5 Å². The molecule has 0 saturated heterocycles. The predicted octanol–water partition coefficient (Wildman–Crippen LogP) is 5.00. The van der Waals surface area contributed by atoms with E-state index in [9.17, 15) is 35.5 Å². The van der Waals surface area contributed by atoms with E-state index in [1.54, 1.807) is 44.2 Å². The van der Waals surface area contributed by atoms with Crippen LogP contribution in [0.4, 0.5) is 22.7 Å². The summed E-state index contributed by atoms with van der Waals surface area (Å²) in [6, 6.07) is 11.0. The van der Waals surface area contributed by atoms with Crippen LogP contribution in [-0.4, -0.2) is 96.5 Å². The number of sulfone groups is 3. The van der Waals surface area contributed by atoms with Crippen molar-refractivity contribution in [1.82, 2.24) is 0 Å². The average molecular weight is 707 g/mol. The van der Waals surface area contributed by atoms with E-state index >= 15 is 0 Å². The summed E-state index contributed by atoms with van der Waals surface area (Å²) in [6.45, 7) is 0. The maximum Gasteiger partial charge on any atom is 0.175 e. The second-order valence-electron chi connectivity index (χ2n) is 11.2. The highest BCUT2D eigenvalue weighted by molar-refractivity contribution is 7.91. The van der Waals surface area contributed by atoms with Gasteiger partial charge in [-0.1, -0.05) is 0 Å². The molecule has 0 aliphatic carbocycles. The molecule has 14 nitrogen and oxygen atoms in total. The number of aromatic hydroxyl groups is 2. The Balaban J connectivity index is 0.000000261. The Bertz CT molecular complexity index is 2250. The first kappa shape index (κ1) is 37.1. The van der Waals surface area contributed by atoms with Crippen LogP contribution in [-0.2, 0) is 35.3 Å². The molecule has 0 amide bonds. The van der Waals surface area contributed by atoms with Gasteiger partial charge in [0, 0.05) is 88.2 Å². The van der Waals surface area contributed by atoms with Crippen molar-refractivity contribution >= 4 is 73.8 Å². The normalized spacial score (nSPS) is 12.5. The van der Waals surface area contributed by atoms with Crippen molar-refractivity contribution in [2.45, 2.75) is 15.5 Å². The molecule has 17 heteroatoms. The Morgan fingerprint density at radius 2 is 1.11 bits per heavy atom. The van der Waals surface area contributed by atoms with Gasteiger partial charge in [0.1, 0.15) is 22.9 Å². The number of hydrogen-bond donors (Lipinski definition) is 2. The van der Waals surface area contributed by atoms with E-state index in [0.717, 1.165) is 24.5 Å². The first-order valence-corrected chi connectivity index (χ1v) is 19.6. The fraction of sp³-hybridized carbons (Fsp3) is 0.333. The zero-order valence-electron chi connectivity index (χ0n) is 27.5. The molecule has 0 heterocycles. The molecule has 47 heavy (non-hydrogen) atoms. The molecule has 0 spiro atoms. The monoisotopic (exact) mass is 706 g/mol. The van der Waals surface area contributed by atoms with Gasteiger partial charge in [0.15, 0.2) is 29.5 Å². The van der Waals surface area contributed by atoms with Crippen molar-refractivity contribution in [2.24, 2.45) is 20.5 Å². The second-order valence-corrected chi connectivity index (χ2v) is 17.3. The number of azo groups is 2. The minimum atomic E-state index is -3.79. The Kier molecular flexibility index (Phi) is 10.9. The quantitative estimate of drug-likeness (QED) is 0.235. The number of phenols is 2. The highest BCUT2D eigenvalue weighted by atomic mass is 32.2. The third-order valence-electron chi connectivity index (χ3n) is 6.94. The molecule has 0 saturated carbocycles. The van der Waals surface area contributed by atoms with E-state index in [1.807, 2.05) is 25.1 Å². The van der Waals surface area contributed by atoms with E-state index < -0.39 is 35.3 Å². The SMILES string of the molecule is CN=Nc1c(N(C)C)ccc2c(O)c(CS(C)(=O)=O)c(S(C)(=O)=O)cc12.CN=Nc1c(N(C)C)ccc2c(O)cc(S(C)(=O)=O)cc12. The molecule has 0 radical (unpaired) electrons. The van der Waals surface area contributed by atoms with E-state index in [0.29, 0.717) is 38.6 Å². The minimum absolute atomic E-state index is 0.0518. The number of phenolic OH excluding ortho intramolecular Hbond substituents is 2. The van der Waals surface area contributed by atoms with Crippen molar-refractivity contribution in [1.29, 1.82) is 0 Å². The fourth-order valence-electron chi connectivity index (χ4n) is 4.89. The van der Waals surface area contributed by atoms with Crippen LogP contribution in [0.1, 0.15) is 5.56 Å². The molecule has 0 atom stereocenters. The van der Waals surface area contributed by atoms with Gasteiger partial charge < -0.3 is 20.0 Å². The van der Waals surface area contributed by atoms with Crippen molar-refractivity contribution in [3.05, 3.63) is 48.0 Å². The molecule has 4 aromatic rings. The van der Waals surface area contributed by atoms with Crippen molar-refractivity contribution in [2.75, 3.05) is 70.9 Å². The Morgan fingerprint density at radius 1 is 0.638 bits per heavy atom. The number of nitrogens with zero attached hydrogens (tertiary/aromatic N) is 6. The first-order chi connectivity index (χ1) is 21.6. The summed E-state index contributed by atoms with van der Waals surface area (Å²) in [4.78, 5) is 3.45. The lowest BCUT2D eigenvalue weighted by Gasteiger charge is -2.19. The van der Waals surface area contributed by atoms with Crippen LogP contribution < -0.4 is 9.80 Å². The topological polar surface area (TPSA) is 199 Å². The summed E-state index contributed by atoms with van der Waals surface area (Å²) >= 11 is 0. The number of hydrogen-bond acceptors (Lipinski definition) is 14. The fourth-order valence-corrected chi connectivity index (χ4v) is 7.40. The van der Waals surface area contributed by atoms with Gasteiger partial charge in [-0.3, -0.25) is 0 Å². The largest absolute Gasteiger partial charge is 0.507 e. The van der Waals surface area contributed by atoms with E-state index in [1.165, 1.54) is 25.2 Å². The molecule has 0 aliphatic heterocycles. The molecular weight excluding hydrogens is 669 g/mol. The zero-order chi connectivity index (χ0) is 35.6. The van der Waals surface area contributed by atoms with E-state index in [-0.39, 0.29) is 26.9 Å². The molecule has 4 aromatic carbocycles. The van der Waals surface area contributed by atoms with Crippen LogP contribution in [0.5, 0.6) is 11.5 Å². The smallest absolute Gasteiger partial charge is 0.175 e. The first-order valence-electron chi connectivity index (χ1n) is 13.8. The van der Waals surface area contributed by atoms with Crippen molar-refractivity contribution in [3.63, 3.8) is 0 Å². The molecule has 4 rings (SSSR count). The summed E-state index contributed by atoms with van der Waals surface area (Å²) in [5.74, 6) is -1.06. The number of rotatable bonds is 8. The molecule has 0 aliphatic rings.